The number of carbonyl (C=O) groups is 1. The van der Waals surface area contributed by atoms with Gasteiger partial charge < -0.3 is 10.5 Å². The molecule has 130 valence electrons. The van der Waals surface area contributed by atoms with Gasteiger partial charge in [0, 0.05) is 0 Å². The number of nitrogens with two attached hydrogens (primary N) is 1. The first kappa shape index (κ1) is 18.0. The van der Waals surface area contributed by atoms with Crippen LogP contribution in [0.15, 0.2) is 0 Å². The second-order valence-electron chi connectivity index (χ2n) is 4.09. The molecule has 4 N–H and O–H groups in total. The van der Waals surface area contributed by atoms with Crippen molar-refractivity contribution in [2.45, 2.75) is 6.18 Å². The molecule has 1 amide bonds. The van der Waals surface area contributed by atoms with Crippen molar-refractivity contribution in [3.05, 3.63) is 21.8 Å². The number of nitrogen functional groups attached to an aromatic ring is 1. The average molecular weight is 389 g/mol. The van der Waals surface area contributed by atoms with E-state index in [4.69, 9.17) is 33.7 Å². The second-order valence-corrected chi connectivity index (χ2v) is 4.85. The molecule has 0 fully saturated rings. The van der Waals surface area contributed by atoms with E-state index in [0.717, 1.165) is 0 Å². The zero-order chi connectivity index (χ0) is 18.1. The molecule has 0 spiro atoms. The third kappa shape index (κ3) is 3.94. The third-order valence-electron chi connectivity index (χ3n) is 2.39. The van der Waals surface area contributed by atoms with E-state index in [1.54, 1.807) is 5.10 Å². The number of ether oxygens (including phenoxy) is 1. The molecule has 0 radical (unpaired) electrons. The number of amides is 1. The van der Waals surface area contributed by atoms with Crippen LogP contribution in [0.2, 0.25) is 10.0 Å². The van der Waals surface area contributed by atoms with Gasteiger partial charge in [-0.1, -0.05) is 23.2 Å². The Kier molecular flexibility index (Phi) is 4.99. The van der Waals surface area contributed by atoms with Gasteiger partial charge in [0.1, 0.15) is 10.0 Å². The molecule has 24 heavy (non-hydrogen) atoms. The van der Waals surface area contributed by atoms with Crippen LogP contribution < -0.4 is 15.8 Å². The number of H-pyrrole nitrogens is 1. The molecule has 0 atom stereocenters. The number of hydrogen-bond acceptors (Lipinski definition) is 6. The molecular weight excluding hydrogens is 383 g/mol. The predicted octanol–water partition coefficient (Wildman–Crippen LogP) is 2.26. The van der Waals surface area contributed by atoms with E-state index in [1.807, 2.05) is 5.32 Å². The summed E-state index contributed by atoms with van der Waals surface area (Å²) in [5.74, 6) is -4.66. The third-order valence-corrected chi connectivity index (χ3v) is 3.11. The Morgan fingerprint density at radius 1 is 1.29 bits per heavy atom. The Balaban J connectivity index is 2.00. The predicted molar refractivity (Wildman–Crippen MR) is 74.1 cm³/mol. The van der Waals surface area contributed by atoms with Gasteiger partial charge in [0.05, 0.1) is 5.69 Å². The maximum atomic E-state index is 13.3. The van der Waals surface area contributed by atoms with Gasteiger partial charge in [0.25, 0.3) is 5.91 Å². The summed E-state index contributed by atoms with van der Waals surface area (Å²) in [6.07, 6.45) is -4.75. The molecule has 2 aromatic heterocycles. The lowest BCUT2D eigenvalue weighted by Crippen LogP contribution is -2.21. The number of nitrogens with one attached hydrogen (secondary N) is 2. The maximum Gasteiger partial charge on any atom is 0.451 e. The lowest BCUT2D eigenvalue weighted by Gasteiger charge is -2.09. The summed E-state index contributed by atoms with van der Waals surface area (Å²) in [7, 11) is 0. The first-order valence-corrected chi connectivity index (χ1v) is 6.57. The molecule has 0 aliphatic rings. The van der Waals surface area contributed by atoms with Crippen molar-refractivity contribution in [3.63, 3.8) is 0 Å². The quantitative estimate of drug-likeness (QED) is 0.545. The SMILES string of the molecule is Nc1c(Cl)c(F)nc(OCC(=O)Nc2n[nH]c(C(F)(F)F)n2)c1Cl. The fourth-order valence-corrected chi connectivity index (χ4v) is 1.72. The minimum Gasteiger partial charge on any atom is -0.466 e. The first-order valence-electron chi connectivity index (χ1n) is 5.81. The number of nitrogens with zero attached hydrogens (tertiary/aromatic N) is 3. The molecule has 0 aromatic carbocycles. The van der Waals surface area contributed by atoms with Crippen molar-refractivity contribution in [1.82, 2.24) is 20.2 Å². The van der Waals surface area contributed by atoms with Crippen LogP contribution in [-0.2, 0) is 11.0 Å². The van der Waals surface area contributed by atoms with Gasteiger partial charge in [-0.2, -0.15) is 27.5 Å². The fourth-order valence-electron chi connectivity index (χ4n) is 1.34. The summed E-state index contributed by atoms with van der Waals surface area (Å²) in [6.45, 7) is -0.775. The van der Waals surface area contributed by atoms with Crippen molar-refractivity contribution in [2.24, 2.45) is 0 Å². The summed E-state index contributed by atoms with van der Waals surface area (Å²) in [5, 5.41) is 5.83. The van der Waals surface area contributed by atoms with Crippen molar-refractivity contribution in [1.29, 1.82) is 0 Å². The van der Waals surface area contributed by atoms with E-state index in [0.29, 0.717) is 0 Å². The summed E-state index contributed by atoms with van der Waals surface area (Å²) in [4.78, 5) is 17.8. The van der Waals surface area contributed by atoms with Crippen LogP contribution in [0.1, 0.15) is 5.82 Å². The van der Waals surface area contributed by atoms with Crippen LogP contribution in [0.4, 0.5) is 29.2 Å². The maximum absolute atomic E-state index is 13.3. The lowest BCUT2D eigenvalue weighted by atomic mass is 10.4. The van der Waals surface area contributed by atoms with Crippen LogP contribution in [-0.4, -0.2) is 32.7 Å². The number of aromatic nitrogens is 4. The number of hydrogen-bond donors (Lipinski definition) is 3. The largest absolute Gasteiger partial charge is 0.466 e. The highest BCUT2D eigenvalue weighted by Gasteiger charge is 2.35. The van der Waals surface area contributed by atoms with Crippen LogP contribution in [0.25, 0.3) is 0 Å². The number of halogens is 6. The standard InChI is InChI=1S/C10H6Cl2F4N6O2/c11-3-5(17)4(12)7(19-6(3)13)24-1-2(23)18-9-20-8(21-22-9)10(14,15)16/h1H2,(H2,17,19)(H2,18,20,21,22,23). The van der Waals surface area contributed by atoms with Crippen LogP contribution >= 0.6 is 23.2 Å². The van der Waals surface area contributed by atoms with Gasteiger partial charge in [-0.15, -0.1) is 5.10 Å². The monoisotopic (exact) mass is 388 g/mol. The highest BCUT2D eigenvalue weighted by atomic mass is 35.5. The summed E-state index contributed by atoms with van der Waals surface area (Å²) < 4.78 is 55.1. The molecule has 0 aliphatic heterocycles. The number of anilines is 2. The van der Waals surface area contributed by atoms with Crippen LogP contribution in [0.3, 0.4) is 0 Å². The van der Waals surface area contributed by atoms with Crippen molar-refractivity contribution < 1.29 is 27.1 Å². The lowest BCUT2D eigenvalue weighted by molar-refractivity contribution is -0.144. The number of rotatable bonds is 4. The number of carbonyl (C=O) groups excluding carboxylic acids is 1. The molecule has 0 saturated heterocycles. The van der Waals surface area contributed by atoms with Gasteiger partial charge in [-0.05, 0) is 0 Å². The number of alkyl halides is 3. The Bertz CT molecular complexity index is 781. The number of pyridine rings is 1. The summed E-state index contributed by atoms with van der Waals surface area (Å²) in [5.41, 5.74) is 5.06. The highest BCUT2D eigenvalue weighted by Crippen LogP contribution is 2.35. The fraction of sp³-hybridized carbons (Fsp3) is 0.200. The highest BCUT2D eigenvalue weighted by molar-refractivity contribution is 6.39. The van der Waals surface area contributed by atoms with E-state index in [9.17, 15) is 22.4 Å². The van der Waals surface area contributed by atoms with Crippen molar-refractivity contribution in [3.8, 4) is 5.88 Å². The summed E-state index contributed by atoms with van der Waals surface area (Å²) >= 11 is 11.2. The minimum atomic E-state index is -4.75. The van der Waals surface area contributed by atoms with Crippen molar-refractivity contribution in [2.75, 3.05) is 17.7 Å². The van der Waals surface area contributed by atoms with E-state index in [2.05, 4.69) is 15.1 Å². The molecule has 2 heterocycles. The molecule has 0 bridgehead atoms. The average Bonchev–Trinajstić information content (AvgIpc) is 2.96. The van der Waals surface area contributed by atoms with Gasteiger partial charge in [-0.3, -0.25) is 15.2 Å². The van der Waals surface area contributed by atoms with Crippen molar-refractivity contribution >= 4 is 40.7 Å². The van der Waals surface area contributed by atoms with Crippen LogP contribution in [0, 0.1) is 5.95 Å². The minimum absolute atomic E-state index is 0.327. The van der Waals surface area contributed by atoms with Gasteiger partial charge in [0.15, 0.2) is 6.61 Å². The zero-order valence-corrected chi connectivity index (χ0v) is 12.7. The Morgan fingerprint density at radius 3 is 2.54 bits per heavy atom. The molecule has 14 heteroatoms. The van der Waals surface area contributed by atoms with Gasteiger partial charge in [-0.25, -0.2) is 0 Å². The topological polar surface area (TPSA) is 119 Å². The molecule has 0 unspecified atom stereocenters. The normalized spacial score (nSPS) is 11.4. The molecule has 0 saturated carbocycles. The smallest absolute Gasteiger partial charge is 0.451 e. The Labute approximate surface area is 140 Å². The molecular formula is C10H6Cl2F4N6O2. The molecule has 8 nitrogen and oxygen atoms in total. The van der Waals surface area contributed by atoms with Gasteiger partial charge in [0.2, 0.25) is 23.6 Å². The second kappa shape index (κ2) is 6.65. The molecule has 0 aliphatic carbocycles. The van der Waals surface area contributed by atoms with E-state index in [-0.39, 0.29) is 10.7 Å². The first-order chi connectivity index (χ1) is 11.1. The van der Waals surface area contributed by atoms with E-state index < -0.39 is 47.3 Å². The number of aromatic amines is 1. The van der Waals surface area contributed by atoms with E-state index >= 15 is 0 Å². The Hall–Kier alpha value is -2.34. The Morgan fingerprint density at radius 2 is 1.96 bits per heavy atom. The van der Waals surface area contributed by atoms with Gasteiger partial charge >= 0.3 is 6.18 Å². The zero-order valence-electron chi connectivity index (χ0n) is 11.2. The summed E-state index contributed by atoms with van der Waals surface area (Å²) in [6, 6.07) is 0. The molecule has 2 aromatic rings. The van der Waals surface area contributed by atoms with Crippen LogP contribution in [0.5, 0.6) is 5.88 Å². The van der Waals surface area contributed by atoms with E-state index in [1.165, 1.54) is 0 Å². The molecule has 2 rings (SSSR count).